The van der Waals surface area contributed by atoms with E-state index < -0.39 is 22.0 Å². The van der Waals surface area contributed by atoms with Gasteiger partial charge in [0.05, 0.1) is 17.5 Å². The molecule has 0 unspecified atom stereocenters. The van der Waals surface area contributed by atoms with Crippen LogP contribution in [0.4, 0.5) is 5.69 Å². The van der Waals surface area contributed by atoms with Gasteiger partial charge in [0.1, 0.15) is 17.2 Å². The van der Waals surface area contributed by atoms with Crippen LogP contribution in [0.3, 0.4) is 0 Å². The molecule has 0 bridgehead atoms. The first-order valence-corrected chi connectivity index (χ1v) is 11.7. The highest BCUT2D eigenvalue weighted by Gasteiger charge is 2.23. The Hall–Kier alpha value is -3.36. The summed E-state index contributed by atoms with van der Waals surface area (Å²) in [5, 5.41) is 2.70. The van der Waals surface area contributed by atoms with Crippen molar-refractivity contribution in [3.63, 3.8) is 0 Å². The summed E-state index contributed by atoms with van der Waals surface area (Å²) in [5.74, 6) is 1.47. The second-order valence-electron chi connectivity index (χ2n) is 7.13. The smallest absolute Gasteiger partial charge is 0.242 e. The molecule has 168 valence electrons. The van der Waals surface area contributed by atoms with Gasteiger partial charge in [-0.15, -0.1) is 0 Å². The summed E-state index contributed by atoms with van der Waals surface area (Å²) in [6.45, 7) is 5.60. The zero-order chi connectivity index (χ0) is 23.1. The number of carbonyl (C=O) groups excluding carboxylic acids is 1. The molecule has 0 heterocycles. The summed E-state index contributed by atoms with van der Waals surface area (Å²) in [4.78, 5) is 12.6. The van der Waals surface area contributed by atoms with Gasteiger partial charge in [-0.05, 0) is 80.9 Å². The lowest BCUT2D eigenvalue weighted by Crippen LogP contribution is -2.41. The number of rotatable bonds is 9. The van der Waals surface area contributed by atoms with Gasteiger partial charge in [0.15, 0.2) is 0 Å². The average Bonchev–Trinajstić information content (AvgIpc) is 2.77. The number of aryl methyl sites for hydroxylation is 1. The third-order valence-electron chi connectivity index (χ3n) is 4.58. The van der Waals surface area contributed by atoms with Gasteiger partial charge in [-0.3, -0.25) is 4.79 Å². The molecule has 3 rings (SSSR count). The van der Waals surface area contributed by atoms with Crippen molar-refractivity contribution < 1.29 is 22.7 Å². The van der Waals surface area contributed by atoms with E-state index in [1.165, 1.54) is 19.1 Å². The number of sulfonamides is 1. The monoisotopic (exact) mass is 454 g/mol. The molecular formula is C24H26N2O5S. The lowest BCUT2D eigenvalue weighted by atomic mass is 10.2. The summed E-state index contributed by atoms with van der Waals surface area (Å²) >= 11 is 0. The molecule has 3 aromatic carbocycles. The Morgan fingerprint density at radius 2 is 1.62 bits per heavy atom. The average molecular weight is 455 g/mol. The van der Waals surface area contributed by atoms with Crippen LogP contribution in [0.15, 0.2) is 77.7 Å². The molecule has 0 saturated heterocycles. The molecule has 2 N–H and O–H groups in total. The highest BCUT2D eigenvalue weighted by molar-refractivity contribution is 7.89. The quantitative estimate of drug-likeness (QED) is 0.497. The molecule has 0 aliphatic carbocycles. The van der Waals surface area contributed by atoms with Crippen molar-refractivity contribution in [2.75, 3.05) is 11.9 Å². The number of benzene rings is 3. The van der Waals surface area contributed by atoms with Gasteiger partial charge in [-0.25, -0.2) is 8.42 Å². The van der Waals surface area contributed by atoms with E-state index in [9.17, 15) is 13.2 Å². The highest BCUT2D eigenvalue weighted by atomic mass is 32.2. The Labute approximate surface area is 188 Å². The summed E-state index contributed by atoms with van der Waals surface area (Å²) in [5.41, 5.74) is 1.23. The number of nitrogens with one attached hydrogen (secondary N) is 2. The van der Waals surface area contributed by atoms with E-state index in [4.69, 9.17) is 9.47 Å². The fourth-order valence-electron chi connectivity index (χ4n) is 2.94. The van der Waals surface area contributed by atoms with E-state index in [1.807, 2.05) is 37.3 Å². The molecule has 1 amide bonds. The van der Waals surface area contributed by atoms with Crippen LogP contribution in [-0.2, 0) is 14.8 Å². The van der Waals surface area contributed by atoms with Crippen molar-refractivity contribution in [3.8, 4) is 17.2 Å². The molecule has 1 atom stereocenters. The number of hydrogen-bond donors (Lipinski definition) is 2. The van der Waals surface area contributed by atoms with Crippen molar-refractivity contribution in [2.45, 2.75) is 31.7 Å². The maximum absolute atomic E-state index is 12.7. The second kappa shape index (κ2) is 10.3. The normalized spacial score (nSPS) is 12.1. The first-order chi connectivity index (χ1) is 15.3. The topological polar surface area (TPSA) is 93.7 Å². The molecule has 0 saturated carbocycles. The fourth-order valence-corrected chi connectivity index (χ4v) is 4.23. The molecule has 7 nitrogen and oxygen atoms in total. The van der Waals surface area contributed by atoms with E-state index in [1.54, 1.807) is 37.3 Å². The first kappa shape index (κ1) is 23.3. The van der Waals surface area contributed by atoms with Crippen molar-refractivity contribution in [1.82, 2.24) is 4.72 Å². The van der Waals surface area contributed by atoms with E-state index in [-0.39, 0.29) is 4.90 Å². The van der Waals surface area contributed by atoms with Crippen LogP contribution in [0.5, 0.6) is 17.2 Å². The zero-order valence-electron chi connectivity index (χ0n) is 18.2. The summed E-state index contributed by atoms with van der Waals surface area (Å²) in [6.07, 6.45) is 0. The Balaban J connectivity index is 1.61. The molecule has 0 radical (unpaired) electrons. The molecule has 0 aromatic heterocycles. The van der Waals surface area contributed by atoms with Crippen molar-refractivity contribution in [3.05, 3.63) is 78.4 Å². The van der Waals surface area contributed by atoms with Crippen molar-refractivity contribution in [2.24, 2.45) is 0 Å². The Kier molecular flexibility index (Phi) is 7.50. The SMILES string of the molecule is CCOc1ccc(S(=O)(=O)N[C@H](C)C(=O)Nc2ccc(Oc3ccccc3)cc2)cc1C. The number of anilines is 1. The van der Waals surface area contributed by atoms with Crippen LogP contribution in [0.2, 0.25) is 0 Å². The minimum absolute atomic E-state index is 0.0699. The number of para-hydroxylation sites is 1. The second-order valence-corrected chi connectivity index (χ2v) is 8.85. The van der Waals surface area contributed by atoms with Crippen LogP contribution in [0.25, 0.3) is 0 Å². The fraction of sp³-hybridized carbons (Fsp3) is 0.208. The van der Waals surface area contributed by atoms with Gasteiger partial charge in [0.2, 0.25) is 15.9 Å². The van der Waals surface area contributed by atoms with Gasteiger partial charge in [0.25, 0.3) is 0 Å². The molecular weight excluding hydrogens is 428 g/mol. The van der Waals surface area contributed by atoms with E-state index in [0.717, 1.165) is 0 Å². The van der Waals surface area contributed by atoms with Gasteiger partial charge < -0.3 is 14.8 Å². The van der Waals surface area contributed by atoms with Crippen LogP contribution in [0.1, 0.15) is 19.4 Å². The molecule has 0 fully saturated rings. The summed E-state index contributed by atoms with van der Waals surface area (Å²) in [7, 11) is -3.88. The molecule has 3 aromatic rings. The zero-order valence-corrected chi connectivity index (χ0v) is 19.0. The Morgan fingerprint density at radius 3 is 2.25 bits per heavy atom. The van der Waals surface area contributed by atoms with E-state index in [0.29, 0.717) is 35.1 Å². The third-order valence-corrected chi connectivity index (χ3v) is 6.12. The number of carbonyl (C=O) groups is 1. The lowest BCUT2D eigenvalue weighted by molar-refractivity contribution is -0.117. The predicted molar refractivity (Wildman–Crippen MR) is 124 cm³/mol. The van der Waals surface area contributed by atoms with Crippen molar-refractivity contribution in [1.29, 1.82) is 0 Å². The van der Waals surface area contributed by atoms with Crippen LogP contribution >= 0.6 is 0 Å². The highest BCUT2D eigenvalue weighted by Crippen LogP contribution is 2.23. The van der Waals surface area contributed by atoms with E-state index in [2.05, 4.69) is 10.0 Å². The van der Waals surface area contributed by atoms with Gasteiger partial charge in [-0.1, -0.05) is 18.2 Å². The van der Waals surface area contributed by atoms with E-state index >= 15 is 0 Å². The van der Waals surface area contributed by atoms with Crippen molar-refractivity contribution >= 4 is 21.6 Å². The maximum atomic E-state index is 12.7. The molecule has 8 heteroatoms. The standard InChI is InChI=1S/C24H26N2O5S/c1-4-30-23-15-14-22(16-17(23)2)32(28,29)26-18(3)24(27)25-19-10-12-21(13-11-19)31-20-8-6-5-7-9-20/h5-16,18,26H,4H2,1-3H3,(H,25,27)/t18-/m1/s1. The Morgan fingerprint density at radius 1 is 0.969 bits per heavy atom. The molecule has 0 aliphatic heterocycles. The van der Waals surface area contributed by atoms with Gasteiger partial charge >= 0.3 is 0 Å². The number of ether oxygens (including phenoxy) is 2. The number of hydrogen-bond acceptors (Lipinski definition) is 5. The molecule has 0 spiro atoms. The lowest BCUT2D eigenvalue weighted by Gasteiger charge is -2.16. The van der Waals surface area contributed by atoms with Crippen LogP contribution in [-0.4, -0.2) is 27.0 Å². The van der Waals surface area contributed by atoms with Crippen LogP contribution < -0.4 is 19.5 Å². The summed E-state index contributed by atoms with van der Waals surface area (Å²) < 4.78 is 39.0. The van der Waals surface area contributed by atoms with Gasteiger partial charge in [0, 0.05) is 5.69 Å². The molecule has 32 heavy (non-hydrogen) atoms. The minimum atomic E-state index is -3.88. The first-order valence-electron chi connectivity index (χ1n) is 10.2. The van der Waals surface area contributed by atoms with Gasteiger partial charge in [-0.2, -0.15) is 4.72 Å². The maximum Gasteiger partial charge on any atom is 0.242 e. The predicted octanol–water partition coefficient (Wildman–Crippen LogP) is 4.49. The third kappa shape index (κ3) is 6.09. The summed E-state index contributed by atoms with van der Waals surface area (Å²) in [6, 6.07) is 19.8. The largest absolute Gasteiger partial charge is 0.494 e. The number of amides is 1. The Bertz CT molecular complexity index is 1160. The molecule has 0 aliphatic rings. The van der Waals surface area contributed by atoms with Crippen LogP contribution in [0, 0.1) is 6.92 Å². The minimum Gasteiger partial charge on any atom is -0.494 e.